The molecule has 0 fully saturated rings. The maximum Gasteiger partial charge on any atom is 0.0484 e. The van der Waals surface area contributed by atoms with Crippen LogP contribution in [0, 0.1) is 6.92 Å². The minimum Gasteiger partial charge on any atom is -0.343 e. The zero-order chi connectivity index (χ0) is 12.5. The van der Waals surface area contributed by atoms with E-state index in [-0.39, 0.29) is 0 Å². The molecular formula is C16H14BrN. The second kappa shape index (κ2) is 4.62. The lowest BCUT2D eigenvalue weighted by Gasteiger charge is -2.06. The van der Waals surface area contributed by atoms with Gasteiger partial charge in [0.25, 0.3) is 0 Å². The van der Waals surface area contributed by atoms with Crippen molar-refractivity contribution in [1.82, 2.24) is 4.57 Å². The highest BCUT2D eigenvalue weighted by molar-refractivity contribution is 9.10. The monoisotopic (exact) mass is 299 g/mol. The van der Waals surface area contributed by atoms with Gasteiger partial charge in [0.2, 0.25) is 0 Å². The molecule has 90 valence electrons. The zero-order valence-electron chi connectivity index (χ0n) is 10.2. The first-order valence-electron chi connectivity index (χ1n) is 6.02. The molecule has 0 spiro atoms. The van der Waals surface area contributed by atoms with Crippen molar-refractivity contribution in [1.29, 1.82) is 0 Å². The summed E-state index contributed by atoms with van der Waals surface area (Å²) in [5.74, 6) is 0. The summed E-state index contributed by atoms with van der Waals surface area (Å²) >= 11 is 3.51. The van der Waals surface area contributed by atoms with E-state index in [0.717, 1.165) is 11.0 Å². The van der Waals surface area contributed by atoms with Gasteiger partial charge in [-0.05, 0) is 36.8 Å². The van der Waals surface area contributed by atoms with E-state index in [0.29, 0.717) is 0 Å². The number of rotatable bonds is 2. The lowest BCUT2D eigenvalue weighted by molar-refractivity contribution is 0.836. The molecule has 0 aliphatic carbocycles. The smallest absolute Gasteiger partial charge is 0.0484 e. The summed E-state index contributed by atoms with van der Waals surface area (Å²) < 4.78 is 3.42. The molecule has 0 unspecified atom stereocenters. The van der Waals surface area contributed by atoms with Gasteiger partial charge in [-0.1, -0.05) is 45.8 Å². The van der Waals surface area contributed by atoms with Crippen molar-refractivity contribution in [2.45, 2.75) is 13.5 Å². The standard InChI is InChI=1S/C16H14BrN/c1-12-3-2-4-13(9-12)11-18-8-7-14-10-15(17)5-6-16(14)18/h2-10H,11H2,1H3. The number of benzene rings is 2. The summed E-state index contributed by atoms with van der Waals surface area (Å²) in [6.45, 7) is 3.06. The van der Waals surface area contributed by atoms with E-state index in [9.17, 15) is 0 Å². The summed E-state index contributed by atoms with van der Waals surface area (Å²) in [7, 11) is 0. The first-order valence-corrected chi connectivity index (χ1v) is 6.81. The number of halogens is 1. The minimum atomic E-state index is 0.923. The topological polar surface area (TPSA) is 4.93 Å². The van der Waals surface area contributed by atoms with Crippen LogP contribution < -0.4 is 0 Å². The predicted molar refractivity (Wildman–Crippen MR) is 79.9 cm³/mol. The van der Waals surface area contributed by atoms with Crippen molar-refractivity contribution < 1.29 is 0 Å². The molecule has 0 aliphatic heterocycles. The van der Waals surface area contributed by atoms with Crippen LogP contribution in [0.4, 0.5) is 0 Å². The number of hydrogen-bond acceptors (Lipinski definition) is 0. The molecule has 1 heterocycles. The van der Waals surface area contributed by atoms with Crippen LogP contribution in [0.2, 0.25) is 0 Å². The van der Waals surface area contributed by atoms with Crippen LogP contribution in [0.5, 0.6) is 0 Å². The van der Waals surface area contributed by atoms with Gasteiger partial charge in [0.05, 0.1) is 0 Å². The molecule has 0 bridgehead atoms. The Labute approximate surface area is 115 Å². The van der Waals surface area contributed by atoms with E-state index in [4.69, 9.17) is 0 Å². The second-order valence-corrected chi connectivity index (χ2v) is 5.55. The van der Waals surface area contributed by atoms with Crippen molar-refractivity contribution >= 4 is 26.8 Å². The molecule has 0 aliphatic rings. The Morgan fingerprint density at radius 2 is 1.94 bits per heavy atom. The number of hydrogen-bond donors (Lipinski definition) is 0. The van der Waals surface area contributed by atoms with Crippen molar-refractivity contribution in [3.05, 3.63) is 70.3 Å². The quantitative estimate of drug-likeness (QED) is 0.643. The van der Waals surface area contributed by atoms with E-state index in [1.807, 2.05) is 0 Å². The molecule has 0 amide bonds. The molecule has 3 aromatic rings. The molecule has 0 saturated heterocycles. The Balaban J connectivity index is 2.00. The molecule has 18 heavy (non-hydrogen) atoms. The van der Waals surface area contributed by atoms with E-state index >= 15 is 0 Å². The molecule has 3 rings (SSSR count). The largest absolute Gasteiger partial charge is 0.343 e. The van der Waals surface area contributed by atoms with Gasteiger partial charge in [0.15, 0.2) is 0 Å². The Kier molecular flexibility index (Phi) is 2.96. The molecule has 0 N–H and O–H groups in total. The molecule has 0 atom stereocenters. The van der Waals surface area contributed by atoms with Crippen LogP contribution in [0.25, 0.3) is 10.9 Å². The van der Waals surface area contributed by atoms with Crippen LogP contribution in [0.3, 0.4) is 0 Å². The Bertz CT molecular complexity index is 697. The SMILES string of the molecule is Cc1cccc(Cn2ccc3cc(Br)ccc32)c1. The maximum absolute atomic E-state index is 3.51. The average Bonchev–Trinajstić information content (AvgIpc) is 2.72. The van der Waals surface area contributed by atoms with Crippen molar-refractivity contribution in [2.24, 2.45) is 0 Å². The number of aryl methyl sites for hydroxylation is 1. The third-order valence-corrected chi connectivity index (χ3v) is 3.66. The molecule has 1 aromatic heterocycles. The number of aromatic nitrogens is 1. The summed E-state index contributed by atoms with van der Waals surface area (Å²) in [5, 5.41) is 1.28. The molecule has 0 radical (unpaired) electrons. The fraction of sp³-hybridized carbons (Fsp3) is 0.125. The Morgan fingerprint density at radius 3 is 2.78 bits per heavy atom. The first kappa shape index (κ1) is 11.5. The van der Waals surface area contributed by atoms with Crippen LogP contribution in [0.15, 0.2) is 59.2 Å². The highest BCUT2D eigenvalue weighted by Gasteiger charge is 2.02. The fourth-order valence-electron chi connectivity index (χ4n) is 2.32. The van der Waals surface area contributed by atoms with Gasteiger partial charge in [-0.2, -0.15) is 0 Å². The summed E-state index contributed by atoms with van der Waals surface area (Å²) in [6.07, 6.45) is 2.15. The zero-order valence-corrected chi connectivity index (χ0v) is 11.8. The highest BCUT2D eigenvalue weighted by Crippen LogP contribution is 2.21. The van der Waals surface area contributed by atoms with E-state index in [1.54, 1.807) is 0 Å². The van der Waals surface area contributed by atoms with E-state index in [2.05, 4.69) is 82.1 Å². The molecule has 0 saturated carbocycles. The first-order chi connectivity index (χ1) is 8.72. The number of fused-ring (bicyclic) bond motifs is 1. The summed E-state index contributed by atoms with van der Waals surface area (Å²) in [4.78, 5) is 0. The van der Waals surface area contributed by atoms with E-state index < -0.39 is 0 Å². The fourth-order valence-corrected chi connectivity index (χ4v) is 2.69. The lowest BCUT2D eigenvalue weighted by Crippen LogP contribution is -1.97. The average molecular weight is 300 g/mol. The molecule has 2 aromatic carbocycles. The molecular weight excluding hydrogens is 286 g/mol. The van der Waals surface area contributed by atoms with E-state index in [1.165, 1.54) is 22.0 Å². The van der Waals surface area contributed by atoms with Crippen molar-refractivity contribution in [3.63, 3.8) is 0 Å². The molecule has 1 nitrogen and oxygen atoms in total. The van der Waals surface area contributed by atoms with Crippen molar-refractivity contribution in [3.8, 4) is 0 Å². The maximum atomic E-state index is 3.51. The number of nitrogens with zero attached hydrogens (tertiary/aromatic N) is 1. The van der Waals surface area contributed by atoms with Gasteiger partial charge < -0.3 is 4.57 Å². The molecule has 2 heteroatoms. The van der Waals surface area contributed by atoms with Crippen LogP contribution in [-0.2, 0) is 6.54 Å². The van der Waals surface area contributed by atoms with Gasteiger partial charge in [0, 0.05) is 28.1 Å². The normalized spacial score (nSPS) is 11.0. The van der Waals surface area contributed by atoms with Gasteiger partial charge >= 0.3 is 0 Å². The van der Waals surface area contributed by atoms with Crippen LogP contribution in [-0.4, -0.2) is 4.57 Å². The Morgan fingerprint density at radius 1 is 1.06 bits per heavy atom. The minimum absolute atomic E-state index is 0.923. The highest BCUT2D eigenvalue weighted by atomic mass is 79.9. The lowest BCUT2D eigenvalue weighted by atomic mass is 10.1. The summed E-state index contributed by atoms with van der Waals surface area (Å²) in [5.41, 5.74) is 3.93. The third-order valence-electron chi connectivity index (χ3n) is 3.17. The van der Waals surface area contributed by atoms with Gasteiger partial charge in [-0.3, -0.25) is 0 Å². The predicted octanol–water partition coefficient (Wildman–Crippen LogP) is 4.76. The van der Waals surface area contributed by atoms with Crippen LogP contribution >= 0.6 is 15.9 Å². The summed E-state index contributed by atoms with van der Waals surface area (Å²) in [6, 6.07) is 17.2. The van der Waals surface area contributed by atoms with Crippen LogP contribution in [0.1, 0.15) is 11.1 Å². The van der Waals surface area contributed by atoms with Gasteiger partial charge in [-0.25, -0.2) is 0 Å². The Hall–Kier alpha value is -1.54. The van der Waals surface area contributed by atoms with Gasteiger partial charge in [0.1, 0.15) is 0 Å². The third kappa shape index (κ3) is 2.21. The van der Waals surface area contributed by atoms with Crippen molar-refractivity contribution in [2.75, 3.05) is 0 Å². The van der Waals surface area contributed by atoms with Gasteiger partial charge in [-0.15, -0.1) is 0 Å². The second-order valence-electron chi connectivity index (χ2n) is 4.64.